The lowest BCUT2D eigenvalue weighted by Crippen LogP contribution is -2.48. The summed E-state index contributed by atoms with van der Waals surface area (Å²) >= 11 is 1.37. The molecule has 0 radical (unpaired) electrons. The highest BCUT2D eigenvalue weighted by Gasteiger charge is 2.31. The Morgan fingerprint density at radius 1 is 1.07 bits per heavy atom. The summed E-state index contributed by atoms with van der Waals surface area (Å²) in [5.74, 6) is 0.617. The molecule has 30 heavy (non-hydrogen) atoms. The number of hydrogen-bond acceptors (Lipinski definition) is 5. The standard InChI is InChI=1S/C21H21F3N4OS/c1-12-17-13(2)25-14(3)26-19(17)30-18(12)20(29)28-9-7-27(8-10-28)16-6-4-5-15(11-16)21(22,23)24/h4-6,11H,7-10H2,1-3H3. The van der Waals surface area contributed by atoms with Crippen molar-refractivity contribution in [2.45, 2.75) is 26.9 Å². The number of hydrogen-bond donors (Lipinski definition) is 0. The predicted molar refractivity (Wildman–Crippen MR) is 111 cm³/mol. The molecule has 0 bridgehead atoms. The number of piperazine rings is 1. The number of benzene rings is 1. The summed E-state index contributed by atoms with van der Waals surface area (Å²) in [6.45, 7) is 7.52. The van der Waals surface area contributed by atoms with E-state index in [1.54, 1.807) is 11.0 Å². The molecule has 0 unspecified atom stereocenters. The molecule has 0 N–H and O–H groups in total. The Balaban J connectivity index is 1.51. The van der Waals surface area contributed by atoms with Gasteiger partial charge in [-0.2, -0.15) is 13.2 Å². The maximum Gasteiger partial charge on any atom is 0.416 e. The predicted octanol–water partition coefficient (Wildman–Crippen LogP) is 4.60. The zero-order valence-electron chi connectivity index (χ0n) is 16.9. The van der Waals surface area contributed by atoms with Gasteiger partial charge in [-0.15, -0.1) is 11.3 Å². The van der Waals surface area contributed by atoms with Gasteiger partial charge in [0.05, 0.1) is 10.4 Å². The molecule has 0 spiro atoms. The fraction of sp³-hybridized carbons (Fsp3) is 0.381. The van der Waals surface area contributed by atoms with Gasteiger partial charge >= 0.3 is 6.18 Å². The SMILES string of the molecule is Cc1nc(C)c2c(C)c(C(=O)N3CCN(c4cccc(C(F)(F)F)c4)CC3)sc2n1. The average molecular weight is 434 g/mol. The van der Waals surface area contributed by atoms with Crippen LogP contribution in [0.4, 0.5) is 18.9 Å². The number of fused-ring (bicyclic) bond motifs is 1. The van der Waals surface area contributed by atoms with Crippen LogP contribution in [0, 0.1) is 20.8 Å². The summed E-state index contributed by atoms with van der Waals surface area (Å²) < 4.78 is 39.0. The van der Waals surface area contributed by atoms with Crippen LogP contribution >= 0.6 is 11.3 Å². The normalized spacial score (nSPS) is 15.1. The zero-order valence-corrected chi connectivity index (χ0v) is 17.7. The average Bonchev–Trinajstić information content (AvgIpc) is 3.03. The number of nitrogens with zero attached hydrogens (tertiary/aromatic N) is 4. The van der Waals surface area contributed by atoms with Gasteiger partial charge < -0.3 is 9.80 Å². The van der Waals surface area contributed by atoms with E-state index in [2.05, 4.69) is 9.97 Å². The van der Waals surface area contributed by atoms with Gasteiger partial charge in [0.15, 0.2) is 0 Å². The van der Waals surface area contributed by atoms with Crippen molar-refractivity contribution in [2.24, 2.45) is 0 Å². The second-order valence-corrected chi connectivity index (χ2v) is 8.42. The number of aryl methyl sites for hydroxylation is 3. The van der Waals surface area contributed by atoms with E-state index < -0.39 is 11.7 Å². The molecule has 0 aliphatic carbocycles. The molecule has 4 rings (SSSR count). The number of carbonyl (C=O) groups excluding carboxylic acids is 1. The number of aromatic nitrogens is 2. The molecule has 9 heteroatoms. The molecule has 1 saturated heterocycles. The Morgan fingerprint density at radius 2 is 1.77 bits per heavy atom. The molecule has 1 aromatic carbocycles. The maximum atomic E-state index is 13.1. The number of alkyl halides is 3. The molecule has 5 nitrogen and oxygen atoms in total. The molecule has 3 aromatic rings. The van der Waals surface area contributed by atoms with Gasteiger partial charge in [0, 0.05) is 42.9 Å². The molecule has 158 valence electrons. The smallest absolute Gasteiger partial charge is 0.368 e. The molecule has 1 amide bonds. The third-order valence-electron chi connectivity index (χ3n) is 5.38. The van der Waals surface area contributed by atoms with Crippen LogP contribution in [0.2, 0.25) is 0 Å². The van der Waals surface area contributed by atoms with Crippen LogP contribution < -0.4 is 4.90 Å². The van der Waals surface area contributed by atoms with Crippen molar-refractivity contribution in [3.63, 3.8) is 0 Å². The van der Waals surface area contributed by atoms with Gasteiger partial charge in [0.25, 0.3) is 5.91 Å². The number of rotatable bonds is 2. The quantitative estimate of drug-likeness (QED) is 0.592. The second kappa shape index (κ2) is 7.54. The van der Waals surface area contributed by atoms with Crippen LogP contribution in [0.15, 0.2) is 24.3 Å². The number of amides is 1. The van der Waals surface area contributed by atoms with E-state index in [0.29, 0.717) is 42.6 Å². The second-order valence-electron chi connectivity index (χ2n) is 7.42. The van der Waals surface area contributed by atoms with Crippen LogP contribution in [0.25, 0.3) is 10.2 Å². The first-order valence-corrected chi connectivity index (χ1v) is 10.4. The van der Waals surface area contributed by atoms with Crippen LogP contribution in [-0.4, -0.2) is 47.0 Å². The highest BCUT2D eigenvalue weighted by Crippen LogP contribution is 2.34. The largest absolute Gasteiger partial charge is 0.416 e. The first kappa shape index (κ1) is 20.6. The molecule has 1 aliphatic heterocycles. The highest BCUT2D eigenvalue weighted by atomic mass is 32.1. The summed E-state index contributed by atoms with van der Waals surface area (Å²) in [6.07, 6.45) is -4.37. The molecular weight excluding hydrogens is 413 g/mol. The van der Waals surface area contributed by atoms with Crippen LogP contribution in [0.5, 0.6) is 0 Å². The molecular formula is C21H21F3N4OS. The van der Waals surface area contributed by atoms with E-state index in [-0.39, 0.29) is 5.91 Å². The van der Waals surface area contributed by atoms with E-state index in [1.807, 2.05) is 25.7 Å². The van der Waals surface area contributed by atoms with Gasteiger partial charge in [0.2, 0.25) is 0 Å². The van der Waals surface area contributed by atoms with Crippen LogP contribution in [0.3, 0.4) is 0 Å². The summed E-state index contributed by atoms with van der Waals surface area (Å²) in [7, 11) is 0. The maximum absolute atomic E-state index is 13.1. The molecule has 3 heterocycles. The van der Waals surface area contributed by atoms with Crippen molar-refractivity contribution in [1.29, 1.82) is 0 Å². The monoisotopic (exact) mass is 434 g/mol. The van der Waals surface area contributed by atoms with Crippen molar-refractivity contribution < 1.29 is 18.0 Å². The molecule has 1 fully saturated rings. The lowest BCUT2D eigenvalue weighted by Gasteiger charge is -2.36. The Kier molecular flexibility index (Phi) is 5.17. The van der Waals surface area contributed by atoms with Crippen molar-refractivity contribution in [3.05, 3.63) is 51.8 Å². The zero-order chi connectivity index (χ0) is 21.6. The lowest BCUT2D eigenvalue weighted by atomic mass is 10.1. The van der Waals surface area contributed by atoms with E-state index in [1.165, 1.54) is 17.4 Å². The number of carbonyl (C=O) groups is 1. The van der Waals surface area contributed by atoms with Crippen LogP contribution in [0.1, 0.15) is 32.3 Å². The highest BCUT2D eigenvalue weighted by molar-refractivity contribution is 7.20. The third-order valence-corrected chi connectivity index (χ3v) is 6.56. The van der Waals surface area contributed by atoms with Gasteiger partial charge in [0.1, 0.15) is 10.7 Å². The summed E-state index contributed by atoms with van der Waals surface area (Å²) in [5, 5.41) is 0.927. The van der Waals surface area contributed by atoms with E-state index in [4.69, 9.17) is 0 Å². The summed E-state index contributed by atoms with van der Waals surface area (Å²) in [4.78, 5) is 27.1. The minimum absolute atomic E-state index is 0.0590. The van der Waals surface area contributed by atoms with E-state index >= 15 is 0 Å². The molecule has 0 atom stereocenters. The fourth-order valence-electron chi connectivity index (χ4n) is 3.87. The van der Waals surface area contributed by atoms with Crippen molar-refractivity contribution in [3.8, 4) is 0 Å². The number of halogens is 3. The first-order chi connectivity index (χ1) is 14.1. The number of thiophene rings is 1. The summed E-state index contributed by atoms with van der Waals surface area (Å²) in [6, 6.07) is 5.33. The van der Waals surface area contributed by atoms with Gasteiger partial charge in [-0.1, -0.05) is 6.07 Å². The Morgan fingerprint density at radius 3 is 2.43 bits per heavy atom. The Hall–Kier alpha value is -2.68. The Bertz CT molecular complexity index is 1120. The summed E-state index contributed by atoms with van der Waals surface area (Å²) in [5.41, 5.74) is 1.61. The van der Waals surface area contributed by atoms with E-state index in [9.17, 15) is 18.0 Å². The topological polar surface area (TPSA) is 49.3 Å². The van der Waals surface area contributed by atoms with E-state index in [0.717, 1.165) is 33.6 Å². The molecule has 0 saturated carbocycles. The molecule has 2 aromatic heterocycles. The minimum Gasteiger partial charge on any atom is -0.368 e. The lowest BCUT2D eigenvalue weighted by molar-refractivity contribution is -0.137. The third kappa shape index (κ3) is 3.74. The van der Waals surface area contributed by atoms with Crippen molar-refractivity contribution >= 4 is 33.1 Å². The Labute approximate surface area is 176 Å². The number of anilines is 1. The van der Waals surface area contributed by atoms with Gasteiger partial charge in [-0.05, 0) is 44.5 Å². The van der Waals surface area contributed by atoms with Crippen molar-refractivity contribution in [2.75, 3.05) is 31.1 Å². The fourth-order valence-corrected chi connectivity index (χ4v) is 5.11. The van der Waals surface area contributed by atoms with Gasteiger partial charge in [-0.3, -0.25) is 4.79 Å². The van der Waals surface area contributed by atoms with Crippen molar-refractivity contribution in [1.82, 2.24) is 14.9 Å². The van der Waals surface area contributed by atoms with Crippen LogP contribution in [-0.2, 0) is 6.18 Å². The minimum atomic E-state index is -4.37. The van der Waals surface area contributed by atoms with Gasteiger partial charge in [-0.25, -0.2) is 9.97 Å². The molecule has 1 aliphatic rings. The first-order valence-electron chi connectivity index (χ1n) is 9.61.